The minimum Gasteiger partial charge on any atom is -0.359 e. The molecule has 0 aliphatic rings. The topological polar surface area (TPSA) is 106 Å². The summed E-state index contributed by atoms with van der Waals surface area (Å²) in [5.74, 6) is 0.595. The number of nitrogens with one attached hydrogen (secondary N) is 2. The Hall–Kier alpha value is -2.29. The van der Waals surface area contributed by atoms with Gasteiger partial charge in [-0.15, -0.1) is 11.3 Å². The van der Waals surface area contributed by atoms with Gasteiger partial charge in [0.1, 0.15) is 5.69 Å². The highest BCUT2D eigenvalue weighted by molar-refractivity contribution is 7.11. The van der Waals surface area contributed by atoms with E-state index in [0.717, 1.165) is 9.88 Å². The third kappa shape index (κ3) is 3.63. The predicted molar refractivity (Wildman–Crippen MR) is 81.8 cm³/mol. The molecule has 9 heteroatoms. The number of nitro groups is 1. The van der Waals surface area contributed by atoms with Crippen molar-refractivity contribution < 1.29 is 4.92 Å². The third-order valence-corrected chi connectivity index (χ3v) is 3.59. The summed E-state index contributed by atoms with van der Waals surface area (Å²) in [6.07, 6.45) is 1.75. The van der Waals surface area contributed by atoms with Crippen molar-refractivity contribution in [2.24, 2.45) is 0 Å². The molecule has 0 atom stereocenters. The Kier molecular flexibility index (Phi) is 4.63. The molecular weight excluding hydrogens is 292 g/mol. The number of aryl methyl sites for hydroxylation is 2. The maximum atomic E-state index is 11.2. The highest BCUT2D eigenvalue weighted by Gasteiger charge is 2.21. The molecule has 0 aromatic carbocycles. The highest BCUT2D eigenvalue weighted by atomic mass is 32.1. The van der Waals surface area contributed by atoms with E-state index in [1.54, 1.807) is 13.1 Å². The van der Waals surface area contributed by atoms with Crippen LogP contribution in [0.15, 0.2) is 6.20 Å². The lowest BCUT2D eigenvalue weighted by Crippen LogP contribution is -2.10. The molecule has 0 aliphatic heterocycles. The molecule has 2 aromatic rings. The zero-order valence-electron chi connectivity index (χ0n) is 12.0. The molecule has 2 N–H and O–H groups in total. The van der Waals surface area contributed by atoms with Gasteiger partial charge in [-0.1, -0.05) is 0 Å². The van der Waals surface area contributed by atoms with Crippen LogP contribution >= 0.6 is 11.3 Å². The summed E-state index contributed by atoms with van der Waals surface area (Å²) in [6.45, 7) is 6.50. The molecule has 2 rings (SSSR count). The summed E-state index contributed by atoms with van der Waals surface area (Å²) < 4.78 is 0. The maximum Gasteiger partial charge on any atom is 0.332 e. The number of anilines is 2. The minimum atomic E-state index is -0.467. The van der Waals surface area contributed by atoms with Crippen molar-refractivity contribution in [1.82, 2.24) is 15.0 Å². The van der Waals surface area contributed by atoms with E-state index in [1.165, 1.54) is 11.3 Å². The normalized spacial score (nSPS) is 10.4. The van der Waals surface area contributed by atoms with Crippen molar-refractivity contribution in [2.45, 2.75) is 27.3 Å². The monoisotopic (exact) mass is 308 g/mol. The summed E-state index contributed by atoms with van der Waals surface area (Å²) >= 11 is 1.54. The first kappa shape index (κ1) is 15.1. The zero-order valence-corrected chi connectivity index (χ0v) is 12.8. The van der Waals surface area contributed by atoms with Gasteiger partial charge >= 0.3 is 5.69 Å². The van der Waals surface area contributed by atoms with Crippen LogP contribution in [-0.4, -0.2) is 26.4 Å². The first-order valence-corrected chi connectivity index (χ1v) is 7.25. The van der Waals surface area contributed by atoms with Gasteiger partial charge in [-0.25, -0.2) is 9.97 Å². The average Bonchev–Trinajstić information content (AvgIpc) is 2.81. The molecule has 0 amide bonds. The zero-order chi connectivity index (χ0) is 15.4. The molecule has 2 aromatic heterocycles. The molecule has 0 saturated heterocycles. The molecule has 0 aliphatic carbocycles. The van der Waals surface area contributed by atoms with Gasteiger partial charge in [0.15, 0.2) is 0 Å². The Morgan fingerprint density at radius 1 is 1.33 bits per heavy atom. The fourth-order valence-electron chi connectivity index (χ4n) is 1.80. The Morgan fingerprint density at radius 3 is 2.67 bits per heavy atom. The molecular formula is C12H16N6O2S. The van der Waals surface area contributed by atoms with E-state index >= 15 is 0 Å². The van der Waals surface area contributed by atoms with Crippen LogP contribution < -0.4 is 10.6 Å². The van der Waals surface area contributed by atoms with Gasteiger partial charge in [0.05, 0.1) is 16.5 Å². The van der Waals surface area contributed by atoms with Gasteiger partial charge < -0.3 is 10.6 Å². The number of aromatic nitrogens is 3. The van der Waals surface area contributed by atoms with Crippen molar-refractivity contribution in [3.05, 3.63) is 31.9 Å². The van der Waals surface area contributed by atoms with Crippen LogP contribution in [-0.2, 0) is 6.54 Å². The summed E-state index contributed by atoms with van der Waals surface area (Å²) in [7, 11) is 0. The van der Waals surface area contributed by atoms with Gasteiger partial charge in [-0.2, -0.15) is 4.98 Å². The quantitative estimate of drug-likeness (QED) is 0.623. The second-order valence-electron chi connectivity index (χ2n) is 4.32. The molecule has 8 nitrogen and oxygen atoms in total. The lowest BCUT2D eigenvalue weighted by atomic mass is 10.3. The van der Waals surface area contributed by atoms with Crippen LogP contribution in [0.25, 0.3) is 0 Å². The van der Waals surface area contributed by atoms with Gasteiger partial charge in [0, 0.05) is 17.6 Å². The van der Waals surface area contributed by atoms with Gasteiger partial charge in [-0.05, 0) is 20.8 Å². The second-order valence-corrected chi connectivity index (χ2v) is 5.64. The van der Waals surface area contributed by atoms with Gasteiger partial charge in [0.2, 0.25) is 11.8 Å². The van der Waals surface area contributed by atoms with Crippen molar-refractivity contribution >= 4 is 28.8 Å². The number of rotatable bonds is 6. The van der Waals surface area contributed by atoms with E-state index in [0.29, 0.717) is 24.7 Å². The average molecular weight is 308 g/mol. The van der Waals surface area contributed by atoms with E-state index in [9.17, 15) is 10.1 Å². The minimum absolute atomic E-state index is 0.0992. The first-order chi connectivity index (χ1) is 10.0. The Morgan fingerprint density at radius 2 is 2.10 bits per heavy atom. The van der Waals surface area contributed by atoms with Crippen LogP contribution in [0.1, 0.15) is 22.5 Å². The van der Waals surface area contributed by atoms with Crippen LogP contribution in [0.3, 0.4) is 0 Å². The molecule has 0 unspecified atom stereocenters. The molecule has 2 heterocycles. The largest absolute Gasteiger partial charge is 0.359 e. The van der Waals surface area contributed by atoms with Crippen LogP contribution in [0, 0.1) is 24.0 Å². The number of hydrogen-bond donors (Lipinski definition) is 2. The van der Waals surface area contributed by atoms with E-state index in [1.807, 2.05) is 13.8 Å². The lowest BCUT2D eigenvalue weighted by Gasteiger charge is -2.09. The standard InChI is InChI=1S/C12H16N6O2S/c1-4-13-12-16-7(2)10(18(19)20)11(17-12)15-6-9-5-14-8(3)21-9/h5H,4,6H2,1-3H3,(H2,13,15,16,17). The summed E-state index contributed by atoms with van der Waals surface area (Å²) in [5, 5.41) is 18.1. The van der Waals surface area contributed by atoms with E-state index in [-0.39, 0.29) is 11.5 Å². The fraction of sp³-hybridized carbons (Fsp3) is 0.417. The second kappa shape index (κ2) is 6.44. The molecule has 112 valence electrons. The first-order valence-electron chi connectivity index (χ1n) is 6.43. The highest BCUT2D eigenvalue weighted by Crippen LogP contribution is 2.27. The van der Waals surface area contributed by atoms with E-state index in [2.05, 4.69) is 25.6 Å². The van der Waals surface area contributed by atoms with E-state index in [4.69, 9.17) is 0 Å². The van der Waals surface area contributed by atoms with Crippen molar-refractivity contribution in [2.75, 3.05) is 17.2 Å². The van der Waals surface area contributed by atoms with Crippen LogP contribution in [0.2, 0.25) is 0 Å². The van der Waals surface area contributed by atoms with Crippen molar-refractivity contribution in [3.8, 4) is 0 Å². The number of thiazole rings is 1. The van der Waals surface area contributed by atoms with Crippen molar-refractivity contribution in [3.63, 3.8) is 0 Å². The Bertz CT molecular complexity index is 657. The number of hydrogen-bond acceptors (Lipinski definition) is 8. The summed E-state index contributed by atoms with van der Waals surface area (Å²) in [5.41, 5.74) is 0.229. The summed E-state index contributed by atoms with van der Waals surface area (Å²) in [4.78, 5) is 24.1. The molecule has 0 radical (unpaired) electrons. The SMILES string of the molecule is CCNc1nc(C)c([N+](=O)[O-])c(NCc2cnc(C)s2)n1. The Labute approximate surface area is 125 Å². The van der Waals surface area contributed by atoms with Crippen LogP contribution in [0.5, 0.6) is 0 Å². The predicted octanol–water partition coefficient (Wildman–Crippen LogP) is 2.50. The van der Waals surface area contributed by atoms with Crippen molar-refractivity contribution in [1.29, 1.82) is 0 Å². The number of nitrogens with zero attached hydrogens (tertiary/aromatic N) is 4. The fourth-order valence-corrected chi connectivity index (χ4v) is 2.54. The lowest BCUT2D eigenvalue weighted by molar-refractivity contribution is -0.385. The summed E-state index contributed by atoms with van der Waals surface area (Å²) in [6, 6.07) is 0. The van der Waals surface area contributed by atoms with Gasteiger partial charge in [0.25, 0.3) is 0 Å². The maximum absolute atomic E-state index is 11.2. The Balaban J connectivity index is 2.28. The van der Waals surface area contributed by atoms with Gasteiger partial charge in [-0.3, -0.25) is 10.1 Å². The smallest absolute Gasteiger partial charge is 0.332 e. The molecule has 0 spiro atoms. The molecule has 21 heavy (non-hydrogen) atoms. The molecule has 0 saturated carbocycles. The third-order valence-electron chi connectivity index (χ3n) is 2.67. The van der Waals surface area contributed by atoms with E-state index < -0.39 is 4.92 Å². The molecule has 0 bridgehead atoms. The molecule has 0 fully saturated rings. The van der Waals surface area contributed by atoms with Crippen LogP contribution in [0.4, 0.5) is 17.5 Å².